The van der Waals surface area contributed by atoms with E-state index >= 15 is 0 Å². The molecule has 3 fully saturated rings. The second-order valence-corrected chi connectivity index (χ2v) is 11.8. The second-order valence-electron chi connectivity index (χ2n) is 11.8. The Labute approximate surface area is 196 Å². The fourth-order valence-electron chi connectivity index (χ4n) is 8.91. The summed E-state index contributed by atoms with van der Waals surface area (Å²) < 4.78 is 0. The van der Waals surface area contributed by atoms with Crippen LogP contribution in [0, 0.1) is 41.4 Å². The Kier molecular flexibility index (Phi) is 5.23. The van der Waals surface area contributed by atoms with Crippen LogP contribution in [-0.4, -0.2) is 22.6 Å². The maximum absolute atomic E-state index is 12.9. The summed E-state index contributed by atoms with van der Waals surface area (Å²) in [7, 11) is 0. The molecule has 1 N–H and O–H groups in total. The third-order valence-corrected chi connectivity index (χ3v) is 10.4. The molecular formula is C29H36O4. The minimum atomic E-state index is -0.916. The summed E-state index contributed by atoms with van der Waals surface area (Å²) in [6, 6.07) is 5.58. The van der Waals surface area contributed by atoms with Gasteiger partial charge in [0, 0.05) is 18.3 Å². The molecule has 0 radical (unpaired) electrons. The van der Waals surface area contributed by atoms with Gasteiger partial charge in [0.2, 0.25) is 0 Å². The molecule has 0 aromatic heterocycles. The quantitative estimate of drug-likeness (QED) is 0.604. The van der Waals surface area contributed by atoms with Gasteiger partial charge in [-0.3, -0.25) is 9.59 Å². The number of hydrogen-bond donors (Lipinski definition) is 1. The molecule has 0 saturated heterocycles. The van der Waals surface area contributed by atoms with Crippen LogP contribution in [0.5, 0.6) is 0 Å². The number of Topliss-reactive ketones (excluding diaryl/α,β-unsaturated/α-hetero) is 1. The molecule has 176 valence electrons. The number of aromatic carboxylic acids is 1. The van der Waals surface area contributed by atoms with E-state index < -0.39 is 5.97 Å². The van der Waals surface area contributed by atoms with Crippen molar-refractivity contribution >= 4 is 17.5 Å². The maximum atomic E-state index is 12.9. The number of rotatable bonds is 3. The summed E-state index contributed by atoms with van der Waals surface area (Å²) in [5.41, 5.74) is 3.29. The number of benzene rings is 1. The van der Waals surface area contributed by atoms with Gasteiger partial charge in [-0.05, 0) is 98.7 Å². The van der Waals surface area contributed by atoms with Crippen LogP contribution in [-0.2, 0) is 9.59 Å². The van der Waals surface area contributed by atoms with Gasteiger partial charge in [0.15, 0.2) is 5.78 Å². The van der Waals surface area contributed by atoms with Crippen molar-refractivity contribution in [1.29, 1.82) is 0 Å². The van der Waals surface area contributed by atoms with E-state index in [1.54, 1.807) is 13.0 Å². The predicted molar refractivity (Wildman–Crippen MR) is 127 cm³/mol. The number of carbonyl (C=O) groups excluding carboxylic acids is 2. The van der Waals surface area contributed by atoms with Crippen molar-refractivity contribution in [1.82, 2.24) is 0 Å². The Balaban J connectivity index is 1.61. The number of aryl methyl sites for hydroxylation is 1. The topological polar surface area (TPSA) is 71.4 Å². The summed E-state index contributed by atoms with van der Waals surface area (Å²) in [4.78, 5) is 37.5. The van der Waals surface area contributed by atoms with Crippen LogP contribution >= 0.6 is 0 Å². The molecular weight excluding hydrogens is 412 g/mol. The third kappa shape index (κ3) is 3.19. The first kappa shape index (κ1) is 22.6. The highest BCUT2D eigenvalue weighted by atomic mass is 16.4. The zero-order valence-electron chi connectivity index (χ0n) is 20.3. The van der Waals surface area contributed by atoms with Crippen molar-refractivity contribution in [2.75, 3.05) is 0 Å². The molecule has 4 heteroatoms. The largest absolute Gasteiger partial charge is 0.478 e. The summed E-state index contributed by atoms with van der Waals surface area (Å²) in [5, 5.41) is 9.97. The van der Waals surface area contributed by atoms with Crippen molar-refractivity contribution in [3.8, 4) is 0 Å². The molecule has 0 bridgehead atoms. The van der Waals surface area contributed by atoms with Gasteiger partial charge in [-0.1, -0.05) is 37.1 Å². The SMILES string of the molecule is CC(=O)[C@H]1CC[C@H]2[C@@H]3CCC4=CC(=O)CC(c5cc(C)ccc5C(=O)O)[C@@]4(C)[C@H]3CC[C@]12C. The second kappa shape index (κ2) is 7.65. The lowest BCUT2D eigenvalue weighted by molar-refractivity contribution is -0.129. The van der Waals surface area contributed by atoms with E-state index in [2.05, 4.69) is 13.8 Å². The molecule has 4 aliphatic carbocycles. The van der Waals surface area contributed by atoms with Crippen LogP contribution < -0.4 is 0 Å². The minimum Gasteiger partial charge on any atom is -0.478 e. The molecule has 0 amide bonds. The molecule has 5 rings (SSSR count). The fraction of sp³-hybridized carbons (Fsp3) is 0.621. The lowest BCUT2D eigenvalue weighted by Gasteiger charge is -2.60. The number of allylic oxidation sites excluding steroid dienone is 1. The number of hydrogen-bond acceptors (Lipinski definition) is 3. The molecule has 3 saturated carbocycles. The van der Waals surface area contributed by atoms with Gasteiger partial charge < -0.3 is 5.11 Å². The Morgan fingerprint density at radius 1 is 1.06 bits per heavy atom. The summed E-state index contributed by atoms with van der Waals surface area (Å²) in [5.74, 6) is 1.10. The van der Waals surface area contributed by atoms with Crippen LogP contribution in [0.1, 0.15) is 93.1 Å². The average Bonchev–Trinajstić information content (AvgIpc) is 3.11. The molecule has 33 heavy (non-hydrogen) atoms. The van der Waals surface area contributed by atoms with E-state index in [9.17, 15) is 19.5 Å². The van der Waals surface area contributed by atoms with E-state index in [0.717, 1.165) is 49.7 Å². The highest BCUT2D eigenvalue weighted by Gasteiger charge is 2.61. The van der Waals surface area contributed by atoms with Crippen LogP contribution in [0.25, 0.3) is 0 Å². The van der Waals surface area contributed by atoms with E-state index in [0.29, 0.717) is 35.5 Å². The lowest BCUT2D eigenvalue weighted by Crippen LogP contribution is -2.53. The fourth-order valence-corrected chi connectivity index (χ4v) is 8.91. The molecule has 7 atom stereocenters. The van der Waals surface area contributed by atoms with Gasteiger partial charge in [0.1, 0.15) is 5.78 Å². The molecule has 1 aromatic rings. The van der Waals surface area contributed by atoms with Crippen molar-refractivity contribution in [2.24, 2.45) is 34.5 Å². The molecule has 0 aliphatic heterocycles. The van der Waals surface area contributed by atoms with E-state index in [1.807, 2.05) is 25.1 Å². The first-order chi connectivity index (χ1) is 15.6. The number of ketones is 2. The zero-order chi connectivity index (χ0) is 23.7. The van der Waals surface area contributed by atoms with Crippen molar-refractivity contribution < 1.29 is 19.5 Å². The molecule has 4 aliphatic rings. The standard InChI is InChI=1S/C29H36O4/c1-16-5-7-20(27(32)33)22(13-16)26-15-19(31)14-18-6-8-21-24-10-9-23(17(2)30)28(24,3)12-11-25(21)29(18,26)4/h5,7,13-14,21,23-26H,6,8-12,15H2,1-4H3,(H,32,33)/t21-,23+,24-,25-,26?,28+,29+/m0/s1. The first-order valence-electron chi connectivity index (χ1n) is 12.7. The Morgan fingerprint density at radius 3 is 2.52 bits per heavy atom. The van der Waals surface area contributed by atoms with Crippen LogP contribution in [0.3, 0.4) is 0 Å². The van der Waals surface area contributed by atoms with Crippen molar-refractivity contribution in [2.45, 2.75) is 78.6 Å². The smallest absolute Gasteiger partial charge is 0.335 e. The molecule has 1 aromatic carbocycles. The lowest BCUT2D eigenvalue weighted by atomic mass is 9.44. The number of carboxylic acids is 1. The summed E-state index contributed by atoms with van der Waals surface area (Å²) in [6.45, 7) is 8.43. The summed E-state index contributed by atoms with van der Waals surface area (Å²) >= 11 is 0. The Bertz CT molecular complexity index is 1070. The number of fused-ring (bicyclic) bond motifs is 5. The minimum absolute atomic E-state index is 0.0835. The molecule has 0 heterocycles. The highest BCUT2D eigenvalue weighted by Crippen LogP contribution is 2.68. The van der Waals surface area contributed by atoms with Gasteiger partial charge in [-0.15, -0.1) is 0 Å². The normalized spacial score (nSPS) is 39.8. The average molecular weight is 449 g/mol. The molecule has 1 unspecified atom stereocenters. The highest BCUT2D eigenvalue weighted by molar-refractivity contribution is 5.94. The molecule has 0 spiro atoms. The van der Waals surface area contributed by atoms with Gasteiger partial charge >= 0.3 is 5.97 Å². The maximum Gasteiger partial charge on any atom is 0.335 e. The van der Waals surface area contributed by atoms with Crippen molar-refractivity contribution in [3.63, 3.8) is 0 Å². The van der Waals surface area contributed by atoms with Crippen LogP contribution in [0.4, 0.5) is 0 Å². The van der Waals surface area contributed by atoms with Gasteiger partial charge in [-0.2, -0.15) is 0 Å². The van der Waals surface area contributed by atoms with Crippen LogP contribution in [0.15, 0.2) is 29.8 Å². The van der Waals surface area contributed by atoms with E-state index in [-0.39, 0.29) is 28.4 Å². The Morgan fingerprint density at radius 2 is 1.82 bits per heavy atom. The number of carbonyl (C=O) groups is 3. The molecule has 4 nitrogen and oxygen atoms in total. The van der Waals surface area contributed by atoms with Crippen LogP contribution in [0.2, 0.25) is 0 Å². The van der Waals surface area contributed by atoms with Gasteiger partial charge in [0.25, 0.3) is 0 Å². The third-order valence-electron chi connectivity index (χ3n) is 10.4. The zero-order valence-corrected chi connectivity index (χ0v) is 20.3. The van der Waals surface area contributed by atoms with Gasteiger partial charge in [0.05, 0.1) is 5.56 Å². The number of carboxylic acid groups (broad SMARTS) is 1. The monoisotopic (exact) mass is 448 g/mol. The predicted octanol–water partition coefficient (Wildman–Crippen LogP) is 6.12. The van der Waals surface area contributed by atoms with E-state index in [4.69, 9.17) is 0 Å². The van der Waals surface area contributed by atoms with Crippen molar-refractivity contribution in [3.05, 3.63) is 46.5 Å². The van der Waals surface area contributed by atoms with E-state index in [1.165, 1.54) is 5.57 Å². The summed E-state index contributed by atoms with van der Waals surface area (Å²) in [6.07, 6.45) is 8.48. The Hall–Kier alpha value is -2.23. The first-order valence-corrected chi connectivity index (χ1v) is 12.7. The van der Waals surface area contributed by atoms with Gasteiger partial charge in [-0.25, -0.2) is 4.79 Å².